The number of anilines is 1. The van der Waals surface area contributed by atoms with Crippen LogP contribution in [0.15, 0.2) is 16.8 Å². The summed E-state index contributed by atoms with van der Waals surface area (Å²) < 4.78 is 6.56. The van der Waals surface area contributed by atoms with Crippen molar-refractivity contribution in [1.29, 1.82) is 0 Å². The summed E-state index contributed by atoms with van der Waals surface area (Å²) in [7, 11) is 0. The van der Waals surface area contributed by atoms with Gasteiger partial charge in [0.05, 0.1) is 11.4 Å². The molecule has 2 N–H and O–H groups in total. The van der Waals surface area contributed by atoms with Crippen LogP contribution in [0.5, 0.6) is 0 Å². The molecule has 0 fully saturated rings. The van der Waals surface area contributed by atoms with Gasteiger partial charge in [0.2, 0.25) is 0 Å². The maximum atomic E-state index is 5.84. The Morgan fingerprint density at radius 1 is 1.16 bits per heavy atom. The zero-order valence-corrected chi connectivity index (χ0v) is 10.8. The van der Waals surface area contributed by atoms with E-state index in [0.717, 1.165) is 30.2 Å². The van der Waals surface area contributed by atoms with Gasteiger partial charge in [0.15, 0.2) is 16.9 Å². The summed E-state index contributed by atoms with van der Waals surface area (Å²) in [6.45, 7) is 4.06. The highest BCUT2D eigenvalue weighted by Gasteiger charge is 2.16. The van der Waals surface area contributed by atoms with E-state index in [4.69, 9.17) is 10.4 Å². The molecule has 0 saturated heterocycles. The Morgan fingerprint density at radius 2 is 1.95 bits per heavy atom. The number of hydrogen-bond donors (Lipinski definition) is 1. The number of fused-ring (bicyclic) bond motifs is 1. The molecule has 1 aromatic carbocycles. The fourth-order valence-electron chi connectivity index (χ4n) is 2.01. The number of aryl methyl sites for hydroxylation is 2. The van der Waals surface area contributed by atoms with Crippen LogP contribution in [0.1, 0.15) is 25.5 Å². The molecule has 7 heteroatoms. The first-order valence-electron chi connectivity index (χ1n) is 6.20. The molecule has 0 aliphatic carbocycles. The van der Waals surface area contributed by atoms with E-state index in [1.165, 1.54) is 0 Å². The summed E-state index contributed by atoms with van der Waals surface area (Å²) >= 11 is 0. The summed E-state index contributed by atoms with van der Waals surface area (Å²) in [5.74, 6) is 1.68. The van der Waals surface area contributed by atoms with Crippen LogP contribution in [0.4, 0.5) is 5.69 Å². The van der Waals surface area contributed by atoms with E-state index in [0.29, 0.717) is 16.7 Å². The average Bonchev–Trinajstić information content (AvgIpc) is 3.05. The second-order valence-electron chi connectivity index (χ2n) is 4.20. The van der Waals surface area contributed by atoms with Crippen molar-refractivity contribution in [2.24, 2.45) is 0 Å². The van der Waals surface area contributed by atoms with Crippen molar-refractivity contribution in [3.8, 4) is 5.69 Å². The summed E-state index contributed by atoms with van der Waals surface area (Å²) in [6.07, 6.45) is 1.57. The van der Waals surface area contributed by atoms with Crippen molar-refractivity contribution in [3.63, 3.8) is 0 Å². The highest BCUT2D eigenvalue weighted by atomic mass is 16.6. The van der Waals surface area contributed by atoms with Gasteiger partial charge in [-0.05, 0) is 22.4 Å². The molecule has 0 amide bonds. The molecule has 19 heavy (non-hydrogen) atoms. The second-order valence-corrected chi connectivity index (χ2v) is 4.20. The quantitative estimate of drug-likeness (QED) is 0.715. The molecule has 0 unspecified atom stereocenters. The van der Waals surface area contributed by atoms with Crippen LogP contribution >= 0.6 is 0 Å². The van der Waals surface area contributed by atoms with Crippen LogP contribution in [0, 0.1) is 0 Å². The zero-order valence-electron chi connectivity index (χ0n) is 10.8. The van der Waals surface area contributed by atoms with Crippen molar-refractivity contribution in [2.75, 3.05) is 5.73 Å². The summed E-state index contributed by atoms with van der Waals surface area (Å²) in [4.78, 5) is 4.48. The van der Waals surface area contributed by atoms with E-state index >= 15 is 0 Å². The fraction of sp³-hybridized carbons (Fsp3) is 0.333. The van der Waals surface area contributed by atoms with Crippen LogP contribution < -0.4 is 5.73 Å². The molecule has 2 heterocycles. The van der Waals surface area contributed by atoms with E-state index in [9.17, 15) is 0 Å². The standard InChI is InChI=1S/C12H14N6O/c1-3-9-14-10(4-2)18(15-9)8-6-5-7(13)11-12(8)17-19-16-11/h5-6H,3-4,13H2,1-2H3. The Morgan fingerprint density at radius 3 is 2.68 bits per heavy atom. The van der Waals surface area contributed by atoms with Gasteiger partial charge in [0.1, 0.15) is 5.82 Å². The van der Waals surface area contributed by atoms with Crippen molar-refractivity contribution in [3.05, 3.63) is 23.8 Å². The van der Waals surface area contributed by atoms with Gasteiger partial charge in [-0.25, -0.2) is 14.3 Å². The Hall–Kier alpha value is -2.44. The highest BCUT2D eigenvalue weighted by molar-refractivity contribution is 5.91. The van der Waals surface area contributed by atoms with E-state index in [1.54, 1.807) is 10.7 Å². The van der Waals surface area contributed by atoms with E-state index in [1.807, 2.05) is 19.9 Å². The third-order valence-electron chi connectivity index (χ3n) is 3.00. The molecule has 0 spiro atoms. The van der Waals surface area contributed by atoms with Gasteiger partial charge >= 0.3 is 0 Å². The van der Waals surface area contributed by atoms with Crippen molar-refractivity contribution >= 4 is 16.7 Å². The van der Waals surface area contributed by atoms with Gasteiger partial charge < -0.3 is 5.73 Å². The summed E-state index contributed by atoms with van der Waals surface area (Å²) in [6, 6.07) is 3.63. The average molecular weight is 258 g/mol. The van der Waals surface area contributed by atoms with Crippen LogP contribution in [-0.2, 0) is 12.8 Å². The molecule has 0 aliphatic heterocycles. The van der Waals surface area contributed by atoms with Gasteiger partial charge in [-0.1, -0.05) is 13.8 Å². The molecule has 3 aromatic rings. The predicted molar refractivity (Wildman–Crippen MR) is 69.9 cm³/mol. The highest BCUT2D eigenvalue weighted by Crippen LogP contribution is 2.24. The molecule has 2 aromatic heterocycles. The minimum Gasteiger partial charge on any atom is -0.397 e. The Kier molecular flexibility index (Phi) is 2.66. The molecule has 3 rings (SSSR count). The van der Waals surface area contributed by atoms with Crippen LogP contribution in [0.25, 0.3) is 16.7 Å². The first kappa shape index (κ1) is 11.6. The van der Waals surface area contributed by atoms with Crippen molar-refractivity contribution in [2.45, 2.75) is 26.7 Å². The smallest absolute Gasteiger partial charge is 0.163 e. The van der Waals surface area contributed by atoms with Crippen molar-refractivity contribution < 1.29 is 4.63 Å². The minimum absolute atomic E-state index is 0.536. The van der Waals surface area contributed by atoms with Crippen LogP contribution in [-0.4, -0.2) is 25.1 Å². The number of aromatic nitrogens is 5. The number of benzene rings is 1. The van der Waals surface area contributed by atoms with Gasteiger partial charge in [-0.2, -0.15) is 5.10 Å². The lowest BCUT2D eigenvalue weighted by Gasteiger charge is -2.04. The van der Waals surface area contributed by atoms with Gasteiger partial charge in [0.25, 0.3) is 0 Å². The van der Waals surface area contributed by atoms with Crippen LogP contribution in [0.3, 0.4) is 0 Å². The second kappa shape index (κ2) is 4.34. The van der Waals surface area contributed by atoms with E-state index < -0.39 is 0 Å². The number of nitrogens with two attached hydrogens (primary N) is 1. The third-order valence-corrected chi connectivity index (χ3v) is 3.00. The molecule has 0 saturated carbocycles. The number of nitrogen functional groups attached to an aromatic ring is 1. The molecule has 98 valence electrons. The Labute approximate surface area is 109 Å². The normalized spacial score (nSPS) is 11.3. The Balaban J connectivity index is 2.27. The number of nitrogens with zero attached hydrogens (tertiary/aromatic N) is 5. The maximum absolute atomic E-state index is 5.84. The number of hydrogen-bond acceptors (Lipinski definition) is 6. The first-order chi connectivity index (χ1) is 9.24. The number of rotatable bonds is 3. The van der Waals surface area contributed by atoms with Gasteiger partial charge in [0, 0.05) is 12.8 Å². The molecule has 0 aliphatic rings. The summed E-state index contributed by atoms with van der Waals surface area (Å²) in [5.41, 5.74) is 8.31. The topological polar surface area (TPSA) is 95.7 Å². The van der Waals surface area contributed by atoms with Gasteiger partial charge in [-0.15, -0.1) is 0 Å². The maximum Gasteiger partial charge on any atom is 0.163 e. The summed E-state index contributed by atoms with van der Waals surface area (Å²) in [5, 5.41) is 12.2. The van der Waals surface area contributed by atoms with Crippen molar-refractivity contribution in [1.82, 2.24) is 25.1 Å². The van der Waals surface area contributed by atoms with Crippen LogP contribution in [0.2, 0.25) is 0 Å². The Bertz CT molecular complexity index is 729. The monoisotopic (exact) mass is 258 g/mol. The molecular formula is C12H14N6O. The molecule has 7 nitrogen and oxygen atoms in total. The lowest BCUT2D eigenvalue weighted by molar-refractivity contribution is 0.315. The van der Waals surface area contributed by atoms with E-state index in [2.05, 4.69) is 20.4 Å². The molecular weight excluding hydrogens is 244 g/mol. The predicted octanol–water partition coefficient (Wildman–Crippen LogP) is 1.51. The molecule has 0 bridgehead atoms. The fourth-order valence-corrected chi connectivity index (χ4v) is 2.01. The largest absolute Gasteiger partial charge is 0.397 e. The minimum atomic E-state index is 0.536. The van der Waals surface area contributed by atoms with E-state index in [-0.39, 0.29) is 0 Å². The molecule has 0 atom stereocenters. The zero-order chi connectivity index (χ0) is 13.4. The van der Waals surface area contributed by atoms with Gasteiger partial charge in [-0.3, -0.25) is 0 Å². The SMILES string of the molecule is CCc1nc(CC)n(-c2ccc(N)c3nonc23)n1. The first-order valence-corrected chi connectivity index (χ1v) is 6.20. The lowest BCUT2D eigenvalue weighted by atomic mass is 10.2. The third kappa shape index (κ3) is 1.74. The molecule has 0 radical (unpaired) electrons. The lowest BCUT2D eigenvalue weighted by Crippen LogP contribution is -2.03.